The number of nitrogens with one attached hydrogen (secondary N) is 1. The molecule has 3 atom stereocenters. The molecule has 2 aromatic rings. The Morgan fingerprint density at radius 2 is 1.96 bits per heavy atom. The van der Waals surface area contributed by atoms with E-state index in [1.807, 2.05) is 44.3 Å². The molecule has 2 heterocycles. The van der Waals surface area contributed by atoms with Gasteiger partial charge in [0, 0.05) is 19.7 Å². The molecule has 1 aromatic heterocycles. The lowest BCUT2D eigenvalue weighted by atomic mass is 10.0. The number of hydrogen-bond acceptors (Lipinski definition) is 4. The SMILES string of the molecule is CC(NC(=O)[C@@H]1C[C@@H](O)CN1C(=O)O)c1ccc(-c2ccnn2C)cc1. The van der Waals surface area contributed by atoms with E-state index < -0.39 is 24.1 Å². The average Bonchev–Trinajstić information content (AvgIpc) is 3.20. The van der Waals surface area contributed by atoms with Gasteiger partial charge in [-0.3, -0.25) is 14.4 Å². The molecule has 0 spiro atoms. The van der Waals surface area contributed by atoms with Crippen LogP contribution in [0.1, 0.15) is 24.9 Å². The molecule has 3 rings (SSSR count). The number of aliphatic hydroxyl groups excluding tert-OH is 1. The van der Waals surface area contributed by atoms with Crippen LogP contribution in [0.25, 0.3) is 11.3 Å². The van der Waals surface area contributed by atoms with Gasteiger partial charge in [-0.1, -0.05) is 24.3 Å². The highest BCUT2D eigenvalue weighted by atomic mass is 16.4. The lowest BCUT2D eigenvalue weighted by molar-refractivity contribution is -0.125. The van der Waals surface area contributed by atoms with Gasteiger partial charge < -0.3 is 15.5 Å². The summed E-state index contributed by atoms with van der Waals surface area (Å²) in [5.74, 6) is -0.396. The number of carboxylic acid groups (broad SMARTS) is 1. The quantitative estimate of drug-likeness (QED) is 0.765. The summed E-state index contributed by atoms with van der Waals surface area (Å²) >= 11 is 0. The van der Waals surface area contributed by atoms with Crippen molar-refractivity contribution in [1.29, 1.82) is 0 Å². The average molecular weight is 358 g/mol. The molecular formula is C18H22N4O4. The Kier molecular flexibility index (Phi) is 4.94. The summed E-state index contributed by atoms with van der Waals surface area (Å²) in [6, 6.07) is 8.54. The fourth-order valence-electron chi connectivity index (χ4n) is 3.27. The first-order valence-corrected chi connectivity index (χ1v) is 8.43. The number of carbonyl (C=O) groups excluding carboxylic acids is 1. The van der Waals surface area contributed by atoms with E-state index in [4.69, 9.17) is 0 Å². The fourth-order valence-corrected chi connectivity index (χ4v) is 3.27. The van der Waals surface area contributed by atoms with Crippen molar-refractivity contribution >= 4 is 12.0 Å². The molecule has 1 aromatic carbocycles. The zero-order valence-electron chi connectivity index (χ0n) is 14.7. The van der Waals surface area contributed by atoms with E-state index >= 15 is 0 Å². The van der Waals surface area contributed by atoms with Crippen LogP contribution >= 0.6 is 0 Å². The van der Waals surface area contributed by atoms with Crippen molar-refractivity contribution in [2.45, 2.75) is 31.5 Å². The molecule has 0 bridgehead atoms. The van der Waals surface area contributed by atoms with E-state index in [0.717, 1.165) is 21.7 Å². The zero-order valence-corrected chi connectivity index (χ0v) is 14.7. The van der Waals surface area contributed by atoms with E-state index in [0.29, 0.717) is 0 Å². The largest absolute Gasteiger partial charge is 0.465 e. The Balaban J connectivity index is 1.68. The van der Waals surface area contributed by atoms with Crippen LogP contribution in [0.15, 0.2) is 36.5 Å². The number of amides is 2. The Labute approximate surface area is 151 Å². The summed E-state index contributed by atoms with van der Waals surface area (Å²) in [5.41, 5.74) is 2.92. The zero-order chi connectivity index (χ0) is 18.8. The predicted octanol–water partition coefficient (Wildman–Crippen LogP) is 1.38. The maximum atomic E-state index is 12.4. The van der Waals surface area contributed by atoms with Gasteiger partial charge in [-0.05, 0) is 24.1 Å². The first kappa shape index (κ1) is 17.9. The number of carbonyl (C=O) groups is 2. The standard InChI is InChI=1S/C18H22N4O4/c1-11(20-17(24)16-9-14(23)10-22(16)18(25)26)12-3-5-13(6-4-12)15-7-8-19-21(15)2/h3-8,11,14,16,23H,9-10H2,1-2H3,(H,20,24)(H,25,26)/t11?,14-,16+/m1/s1. The molecule has 1 aliphatic rings. The second kappa shape index (κ2) is 7.17. The highest BCUT2D eigenvalue weighted by molar-refractivity contribution is 5.86. The monoisotopic (exact) mass is 358 g/mol. The molecule has 0 saturated carbocycles. The third kappa shape index (κ3) is 3.55. The van der Waals surface area contributed by atoms with Crippen LogP contribution in [0, 0.1) is 0 Å². The molecule has 138 valence electrons. The number of hydrogen-bond donors (Lipinski definition) is 3. The van der Waals surface area contributed by atoms with Gasteiger partial charge in [0.05, 0.1) is 24.4 Å². The Hall–Kier alpha value is -2.87. The molecule has 1 aliphatic heterocycles. The molecule has 8 nitrogen and oxygen atoms in total. The highest BCUT2D eigenvalue weighted by Crippen LogP contribution is 2.23. The van der Waals surface area contributed by atoms with E-state index in [-0.39, 0.29) is 19.0 Å². The van der Waals surface area contributed by atoms with Crippen molar-refractivity contribution in [2.75, 3.05) is 6.54 Å². The summed E-state index contributed by atoms with van der Waals surface area (Å²) in [7, 11) is 1.87. The minimum absolute atomic E-state index is 0.0405. The molecule has 2 amide bonds. The molecule has 0 aliphatic carbocycles. The Morgan fingerprint density at radius 1 is 1.27 bits per heavy atom. The molecule has 26 heavy (non-hydrogen) atoms. The smallest absolute Gasteiger partial charge is 0.408 e. The van der Waals surface area contributed by atoms with Gasteiger partial charge in [0.1, 0.15) is 6.04 Å². The second-order valence-electron chi connectivity index (χ2n) is 6.53. The fraction of sp³-hybridized carbons (Fsp3) is 0.389. The van der Waals surface area contributed by atoms with Gasteiger partial charge in [0.25, 0.3) is 0 Å². The number of rotatable bonds is 4. The van der Waals surface area contributed by atoms with E-state index in [9.17, 15) is 19.8 Å². The Bertz CT molecular complexity index is 802. The van der Waals surface area contributed by atoms with Gasteiger partial charge in [-0.15, -0.1) is 0 Å². The maximum Gasteiger partial charge on any atom is 0.408 e. The van der Waals surface area contributed by atoms with Crippen LogP contribution in [0.3, 0.4) is 0 Å². The summed E-state index contributed by atoms with van der Waals surface area (Å²) < 4.78 is 1.78. The highest BCUT2D eigenvalue weighted by Gasteiger charge is 2.39. The van der Waals surface area contributed by atoms with Crippen molar-refractivity contribution in [3.8, 4) is 11.3 Å². The summed E-state index contributed by atoms with van der Waals surface area (Å²) in [6.45, 7) is 1.80. The normalized spacial score (nSPS) is 20.8. The van der Waals surface area contributed by atoms with Crippen molar-refractivity contribution in [2.24, 2.45) is 7.05 Å². The van der Waals surface area contributed by atoms with Gasteiger partial charge in [0.2, 0.25) is 5.91 Å². The first-order chi connectivity index (χ1) is 12.4. The number of aryl methyl sites for hydroxylation is 1. The molecule has 8 heteroatoms. The number of benzene rings is 1. The minimum Gasteiger partial charge on any atom is -0.465 e. The topological polar surface area (TPSA) is 108 Å². The van der Waals surface area contributed by atoms with E-state index in [2.05, 4.69) is 10.4 Å². The van der Waals surface area contributed by atoms with Crippen LogP contribution in [-0.4, -0.2) is 55.6 Å². The Morgan fingerprint density at radius 3 is 2.54 bits per heavy atom. The van der Waals surface area contributed by atoms with Gasteiger partial charge in [-0.2, -0.15) is 5.10 Å². The van der Waals surface area contributed by atoms with Gasteiger partial charge in [0.15, 0.2) is 0 Å². The van der Waals surface area contributed by atoms with Gasteiger partial charge >= 0.3 is 6.09 Å². The third-order valence-corrected chi connectivity index (χ3v) is 4.71. The number of likely N-dealkylation sites (tertiary alicyclic amines) is 1. The number of nitrogens with zero attached hydrogens (tertiary/aromatic N) is 3. The molecule has 1 unspecified atom stereocenters. The lowest BCUT2D eigenvalue weighted by Gasteiger charge is -2.23. The maximum absolute atomic E-state index is 12.4. The number of aliphatic hydroxyl groups is 1. The van der Waals surface area contributed by atoms with Crippen LogP contribution < -0.4 is 5.32 Å². The van der Waals surface area contributed by atoms with Crippen molar-refractivity contribution < 1.29 is 19.8 Å². The van der Waals surface area contributed by atoms with Crippen molar-refractivity contribution in [3.05, 3.63) is 42.1 Å². The van der Waals surface area contributed by atoms with Crippen LogP contribution in [0.5, 0.6) is 0 Å². The van der Waals surface area contributed by atoms with Crippen LogP contribution in [-0.2, 0) is 11.8 Å². The van der Waals surface area contributed by atoms with E-state index in [1.165, 1.54) is 0 Å². The predicted molar refractivity (Wildman–Crippen MR) is 94.3 cm³/mol. The van der Waals surface area contributed by atoms with Crippen molar-refractivity contribution in [1.82, 2.24) is 20.0 Å². The summed E-state index contributed by atoms with van der Waals surface area (Å²) in [4.78, 5) is 24.7. The van der Waals surface area contributed by atoms with Gasteiger partial charge in [-0.25, -0.2) is 4.79 Å². The van der Waals surface area contributed by atoms with Crippen LogP contribution in [0.4, 0.5) is 4.79 Å². The molecule has 0 radical (unpaired) electrons. The van der Waals surface area contributed by atoms with E-state index in [1.54, 1.807) is 10.9 Å². The summed E-state index contributed by atoms with van der Waals surface area (Å²) in [6.07, 6.45) is -0.161. The lowest BCUT2D eigenvalue weighted by Crippen LogP contribution is -2.46. The minimum atomic E-state index is -1.20. The van der Waals surface area contributed by atoms with Crippen LogP contribution in [0.2, 0.25) is 0 Å². The molecule has 3 N–H and O–H groups in total. The summed E-state index contributed by atoms with van der Waals surface area (Å²) in [5, 5.41) is 25.8. The number of β-amino-alcohol motifs (C(OH)–C–C–N with tert-alkyl or cyclic N) is 1. The molecule has 1 fully saturated rings. The third-order valence-electron chi connectivity index (χ3n) is 4.71. The van der Waals surface area contributed by atoms with Crippen molar-refractivity contribution in [3.63, 3.8) is 0 Å². The molecule has 1 saturated heterocycles. The number of aromatic nitrogens is 2. The second-order valence-corrected chi connectivity index (χ2v) is 6.53. The first-order valence-electron chi connectivity index (χ1n) is 8.43. The molecular weight excluding hydrogens is 336 g/mol.